The van der Waals surface area contributed by atoms with E-state index in [1.165, 1.54) is 0 Å². The predicted octanol–water partition coefficient (Wildman–Crippen LogP) is 3.26. The fraction of sp³-hybridized carbons (Fsp3) is 0.0769. The lowest BCUT2D eigenvalue weighted by molar-refractivity contribution is 0.768. The molecule has 1 N–H and O–H groups in total. The van der Waals surface area contributed by atoms with Gasteiger partial charge < -0.3 is 4.98 Å². The van der Waals surface area contributed by atoms with Crippen molar-refractivity contribution < 1.29 is 0 Å². The fourth-order valence-corrected chi connectivity index (χ4v) is 2.27. The number of nitrogens with one attached hydrogen (secondary N) is 1. The fourth-order valence-electron chi connectivity index (χ4n) is 1.85. The summed E-state index contributed by atoms with van der Waals surface area (Å²) in [6, 6.07) is 5.32. The minimum Gasteiger partial charge on any atom is -0.338 e. The van der Waals surface area contributed by atoms with Crippen molar-refractivity contribution in [2.24, 2.45) is 7.05 Å². The van der Waals surface area contributed by atoms with Crippen molar-refractivity contribution in [1.29, 1.82) is 0 Å². The molecule has 100 valence electrons. The molecule has 0 aliphatic carbocycles. The molecule has 0 radical (unpaired) electrons. The maximum absolute atomic E-state index is 6.14. The van der Waals surface area contributed by atoms with Gasteiger partial charge in [0.25, 0.3) is 0 Å². The van der Waals surface area contributed by atoms with E-state index in [0.29, 0.717) is 21.2 Å². The van der Waals surface area contributed by atoms with E-state index in [1.54, 1.807) is 35.3 Å². The van der Waals surface area contributed by atoms with Crippen molar-refractivity contribution in [2.75, 3.05) is 0 Å². The molecular formula is C13H10ClN5S. The van der Waals surface area contributed by atoms with E-state index in [0.717, 1.165) is 11.3 Å². The number of halogens is 1. The molecule has 0 spiro atoms. The van der Waals surface area contributed by atoms with Gasteiger partial charge in [-0.25, -0.2) is 4.98 Å². The van der Waals surface area contributed by atoms with Crippen LogP contribution in [-0.2, 0) is 7.05 Å². The van der Waals surface area contributed by atoms with E-state index in [9.17, 15) is 0 Å². The molecule has 0 unspecified atom stereocenters. The van der Waals surface area contributed by atoms with Gasteiger partial charge in [0.1, 0.15) is 10.3 Å². The average molecular weight is 304 g/mol. The maximum atomic E-state index is 6.14. The Labute approximate surface area is 125 Å². The third-order valence-electron chi connectivity index (χ3n) is 2.74. The molecule has 3 rings (SSSR count). The molecule has 0 fully saturated rings. The summed E-state index contributed by atoms with van der Waals surface area (Å²) in [4.78, 5) is 11.7. The second-order valence-electron chi connectivity index (χ2n) is 4.22. The van der Waals surface area contributed by atoms with Crippen LogP contribution in [0, 0.1) is 4.64 Å². The molecule has 0 saturated carbocycles. The van der Waals surface area contributed by atoms with Gasteiger partial charge in [-0.1, -0.05) is 23.8 Å². The van der Waals surface area contributed by atoms with Gasteiger partial charge in [-0.2, -0.15) is 5.10 Å². The first-order valence-electron chi connectivity index (χ1n) is 5.85. The van der Waals surface area contributed by atoms with Crippen LogP contribution in [0.4, 0.5) is 0 Å². The summed E-state index contributed by atoms with van der Waals surface area (Å²) in [5, 5.41) is 4.67. The highest BCUT2D eigenvalue weighted by atomic mass is 35.5. The van der Waals surface area contributed by atoms with E-state index < -0.39 is 0 Å². The molecule has 3 aromatic heterocycles. The number of hydrogen-bond acceptors (Lipinski definition) is 4. The summed E-state index contributed by atoms with van der Waals surface area (Å²) in [5.74, 6) is 0.543. The van der Waals surface area contributed by atoms with Crippen molar-refractivity contribution in [2.45, 2.75) is 0 Å². The first kappa shape index (κ1) is 13.0. The number of aromatic amines is 1. The summed E-state index contributed by atoms with van der Waals surface area (Å²) in [6.45, 7) is 0. The zero-order valence-electron chi connectivity index (χ0n) is 10.5. The lowest BCUT2D eigenvalue weighted by atomic mass is 10.2. The molecule has 7 heteroatoms. The Morgan fingerprint density at radius 2 is 2.25 bits per heavy atom. The van der Waals surface area contributed by atoms with Crippen LogP contribution in [0.5, 0.6) is 0 Å². The van der Waals surface area contributed by atoms with Crippen LogP contribution < -0.4 is 0 Å². The SMILES string of the molecule is Cn1cc(-c2cc(=S)nc(-c3ncccc3Cl)[nH]2)cn1. The van der Waals surface area contributed by atoms with E-state index in [1.807, 2.05) is 13.2 Å². The molecule has 0 aliphatic rings. The Morgan fingerprint density at radius 1 is 1.40 bits per heavy atom. The molecule has 0 aliphatic heterocycles. The molecule has 0 atom stereocenters. The Hall–Kier alpha value is -2.05. The van der Waals surface area contributed by atoms with Gasteiger partial charge >= 0.3 is 0 Å². The van der Waals surface area contributed by atoms with Gasteiger partial charge in [0.2, 0.25) is 0 Å². The Kier molecular flexibility index (Phi) is 3.33. The number of hydrogen-bond donors (Lipinski definition) is 1. The van der Waals surface area contributed by atoms with E-state index in [-0.39, 0.29) is 0 Å². The molecule has 0 amide bonds. The summed E-state index contributed by atoms with van der Waals surface area (Å²) in [5.41, 5.74) is 2.33. The highest BCUT2D eigenvalue weighted by Gasteiger charge is 2.09. The van der Waals surface area contributed by atoms with Gasteiger partial charge in [-0.15, -0.1) is 0 Å². The minimum atomic E-state index is 0.472. The second-order valence-corrected chi connectivity index (χ2v) is 5.04. The molecule has 0 aromatic carbocycles. The molecule has 20 heavy (non-hydrogen) atoms. The van der Waals surface area contributed by atoms with Gasteiger partial charge in [-0.3, -0.25) is 9.67 Å². The van der Waals surface area contributed by atoms with Crippen LogP contribution in [0.15, 0.2) is 36.8 Å². The summed E-state index contributed by atoms with van der Waals surface area (Å²) in [6.07, 6.45) is 5.31. The van der Waals surface area contributed by atoms with Crippen LogP contribution in [0.25, 0.3) is 22.8 Å². The molecule has 5 nitrogen and oxygen atoms in total. The van der Waals surface area contributed by atoms with Gasteiger partial charge in [0.15, 0.2) is 5.82 Å². The highest BCUT2D eigenvalue weighted by molar-refractivity contribution is 7.71. The first-order valence-corrected chi connectivity index (χ1v) is 6.63. The topological polar surface area (TPSA) is 59.4 Å². The summed E-state index contributed by atoms with van der Waals surface area (Å²) in [7, 11) is 1.86. The van der Waals surface area contributed by atoms with Crippen LogP contribution >= 0.6 is 23.8 Å². The van der Waals surface area contributed by atoms with Crippen molar-refractivity contribution in [1.82, 2.24) is 24.7 Å². The summed E-state index contributed by atoms with van der Waals surface area (Å²) < 4.78 is 2.19. The largest absolute Gasteiger partial charge is 0.338 e. The number of rotatable bonds is 2. The molecule has 0 saturated heterocycles. The monoisotopic (exact) mass is 303 g/mol. The minimum absolute atomic E-state index is 0.472. The predicted molar refractivity (Wildman–Crippen MR) is 79.9 cm³/mol. The zero-order chi connectivity index (χ0) is 14.1. The molecule has 3 heterocycles. The van der Waals surface area contributed by atoms with E-state index in [2.05, 4.69) is 20.1 Å². The van der Waals surface area contributed by atoms with Crippen LogP contribution in [0.3, 0.4) is 0 Å². The third-order valence-corrected chi connectivity index (χ3v) is 3.26. The van der Waals surface area contributed by atoms with Crippen LogP contribution in [0.1, 0.15) is 0 Å². The van der Waals surface area contributed by atoms with Gasteiger partial charge in [0.05, 0.1) is 16.9 Å². The van der Waals surface area contributed by atoms with Crippen molar-refractivity contribution in [3.63, 3.8) is 0 Å². The lowest BCUT2D eigenvalue weighted by Crippen LogP contribution is -1.95. The average Bonchev–Trinajstić information content (AvgIpc) is 2.85. The third kappa shape index (κ3) is 2.48. The van der Waals surface area contributed by atoms with Crippen LogP contribution in [-0.4, -0.2) is 24.7 Å². The highest BCUT2D eigenvalue weighted by Crippen LogP contribution is 2.24. The lowest BCUT2D eigenvalue weighted by Gasteiger charge is -2.05. The quantitative estimate of drug-likeness (QED) is 0.738. The van der Waals surface area contributed by atoms with Gasteiger partial charge in [0, 0.05) is 25.0 Å². The molecule has 3 aromatic rings. The standard InChI is InChI=1S/C13H10ClN5S/c1-19-7-8(6-16-19)10-5-11(20)18-13(17-10)12-9(14)3-2-4-15-12/h2-7H,1H3,(H,17,18,20). The smallest absolute Gasteiger partial charge is 0.159 e. The number of aromatic nitrogens is 5. The van der Waals surface area contributed by atoms with E-state index in [4.69, 9.17) is 23.8 Å². The number of aryl methyl sites for hydroxylation is 1. The van der Waals surface area contributed by atoms with Crippen molar-refractivity contribution in [3.8, 4) is 22.8 Å². The van der Waals surface area contributed by atoms with Gasteiger partial charge in [-0.05, 0) is 18.2 Å². The normalized spacial score (nSPS) is 10.7. The summed E-state index contributed by atoms with van der Waals surface area (Å²) >= 11 is 11.3. The number of H-pyrrole nitrogens is 1. The van der Waals surface area contributed by atoms with E-state index >= 15 is 0 Å². The Morgan fingerprint density at radius 3 is 2.95 bits per heavy atom. The first-order chi connectivity index (χ1) is 9.63. The molecular weight excluding hydrogens is 294 g/mol. The Balaban J connectivity index is 2.17. The Bertz CT molecular complexity index is 823. The van der Waals surface area contributed by atoms with Crippen LogP contribution in [0.2, 0.25) is 5.02 Å². The second kappa shape index (κ2) is 5.15. The van der Waals surface area contributed by atoms with Crippen molar-refractivity contribution >= 4 is 23.8 Å². The maximum Gasteiger partial charge on any atom is 0.159 e. The van der Waals surface area contributed by atoms with Crippen molar-refractivity contribution in [3.05, 3.63) is 46.5 Å². The number of pyridine rings is 1. The zero-order valence-corrected chi connectivity index (χ0v) is 12.1. The number of nitrogens with zero attached hydrogens (tertiary/aromatic N) is 4. The molecule has 0 bridgehead atoms.